The second-order valence-corrected chi connectivity index (χ2v) is 6.19. The van der Waals surface area contributed by atoms with Gasteiger partial charge in [-0.1, -0.05) is 41.9 Å². The molecule has 0 heterocycles. The second-order valence-electron chi connectivity index (χ2n) is 5.75. The maximum Gasteiger partial charge on any atom is 0.124 e. The third-order valence-electron chi connectivity index (χ3n) is 3.51. The third-order valence-corrected chi connectivity index (χ3v) is 3.77. The molecule has 130 valence electrons. The first-order chi connectivity index (χ1) is 11.6. The topological polar surface area (TPSA) is 53.5 Å². The Hall–Kier alpha value is -1.59. The Kier molecular flexibility index (Phi) is 8.05. The van der Waals surface area contributed by atoms with E-state index in [2.05, 4.69) is 16.7 Å². The molecule has 0 saturated carbocycles. The van der Waals surface area contributed by atoms with Gasteiger partial charge in [-0.15, -0.1) is 0 Å². The highest BCUT2D eigenvalue weighted by Gasteiger charge is 2.03. The van der Waals surface area contributed by atoms with Gasteiger partial charge in [-0.25, -0.2) is 0 Å². The molecule has 0 radical (unpaired) electrons. The Bertz CT molecular complexity index is 603. The number of nitrogens with one attached hydrogen (secondary N) is 2. The molecule has 1 atom stereocenters. The molecule has 0 aliphatic carbocycles. The number of ether oxygens (including phenoxy) is 1. The highest BCUT2D eigenvalue weighted by molar-refractivity contribution is 6.30. The third kappa shape index (κ3) is 6.89. The van der Waals surface area contributed by atoms with Crippen molar-refractivity contribution in [3.05, 3.63) is 64.7 Å². The lowest BCUT2D eigenvalue weighted by molar-refractivity contribution is 0.191. The van der Waals surface area contributed by atoms with Crippen LogP contribution in [0.2, 0.25) is 5.02 Å². The SMILES string of the molecule is C[C@@H](O)CNCCNCc1ccccc1OCc1ccc(Cl)cc1. The van der Waals surface area contributed by atoms with Crippen molar-refractivity contribution in [3.63, 3.8) is 0 Å². The average molecular weight is 349 g/mol. The van der Waals surface area contributed by atoms with Crippen LogP contribution in [-0.2, 0) is 13.2 Å². The fourth-order valence-corrected chi connectivity index (χ4v) is 2.37. The molecule has 0 aromatic heterocycles. The first-order valence-corrected chi connectivity index (χ1v) is 8.57. The molecule has 0 saturated heterocycles. The zero-order valence-electron chi connectivity index (χ0n) is 14.0. The standard InChI is InChI=1S/C19H25ClN2O2/c1-15(23)12-21-10-11-22-13-17-4-2-3-5-19(17)24-14-16-6-8-18(20)9-7-16/h2-9,15,21-23H,10-14H2,1H3/t15-/m1/s1. The van der Waals surface area contributed by atoms with Gasteiger partial charge in [0.15, 0.2) is 0 Å². The van der Waals surface area contributed by atoms with E-state index in [0.29, 0.717) is 13.2 Å². The molecule has 5 heteroatoms. The van der Waals surface area contributed by atoms with Crippen molar-refractivity contribution in [3.8, 4) is 5.75 Å². The predicted molar refractivity (Wildman–Crippen MR) is 98.5 cm³/mol. The quantitative estimate of drug-likeness (QED) is 0.578. The van der Waals surface area contributed by atoms with Crippen LogP contribution in [0.5, 0.6) is 5.75 Å². The van der Waals surface area contributed by atoms with Crippen LogP contribution < -0.4 is 15.4 Å². The summed E-state index contributed by atoms with van der Waals surface area (Å²) in [6.45, 7) is 5.30. The van der Waals surface area contributed by atoms with Crippen LogP contribution in [-0.4, -0.2) is 30.8 Å². The molecule has 24 heavy (non-hydrogen) atoms. The van der Waals surface area contributed by atoms with E-state index in [1.54, 1.807) is 6.92 Å². The van der Waals surface area contributed by atoms with Gasteiger partial charge in [-0.05, 0) is 30.7 Å². The number of halogens is 1. The molecule has 2 aromatic rings. The number of aliphatic hydroxyl groups excluding tert-OH is 1. The van der Waals surface area contributed by atoms with Crippen molar-refractivity contribution in [2.75, 3.05) is 19.6 Å². The van der Waals surface area contributed by atoms with Gasteiger partial charge in [-0.2, -0.15) is 0 Å². The summed E-state index contributed by atoms with van der Waals surface area (Å²) >= 11 is 5.90. The minimum absolute atomic E-state index is 0.313. The number of aliphatic hydroxyl groups is 1. The van der Waals surface area contributed by atoms with Gasteiger partial charge >= 0.3 is 0 Å². The summed E-state index contributed by atoms with van der Waals surface area (Å²) in [7, 11) is 0. The summed E-state index contributed by atoms with van der Waals surface area (Å²) in [5, 5.41) is 16.5. The first-order valence-electron chi connectivity index (χ1n) is 8.20. The monoisotopic (exact) mass is 348 g/mol. The number of rotatable bonds is 10. The Morgan fingerprint density at radius 3 is 2.50 bits per heavy atom. The Labute approximate surface area is 148 Å². The largest absolute Gasteiger partial charge is 0.489 e. The molecule has 4 nitrogen and oxygen atoms in total. The Morgan fingerprint density at radius 2 is 1.75 bits per heavy atom. The molecular formula is C19H25ClN2O2. The molecule has 0 unspecified atom stereocenters. The van der Waals surface area contributed by atoms with Gasteiger partial charge in [-0.3, -0.25) is 0 Å². The van der Waals surface area contributed by atoms with Crippen molar-refractivity contribution >= 4 is 11.6 Å². The fraction of sp³-hybridized carbons (Fsp3) is 0.368. The van der Waals surface area contributed by atoms with Crippen LogP contribution >= 0.6 is 11.6 Å². The van der Waals surface area contributed by atoms with Gasteiger partial charge < -0.3 is 20.5 Å². The zero-order chi connectivity index (χ0) is 17.2. The maximum atomic E-state index is 9.18. The van der Waals surface area contributed by atoms with Crippen molar-refractivity contribution in [1.82, 2.24) is 10.6 Å². The number of hydrogen-bond donors (Lipinski definition) is 3. The van der Waals surface area contributed by atoms with E-state index in [1.165, 1.54) is 0 Å². The molecule has 2 rings (SSSR count). The van der Waals surface area contributed by atoms with E-state index in [9.17, 15) is 5.11 Å². The highest BCUT2D eigenvalue weighted by Crippen LogP contribution is 2.19. The molecule has 0 bridgehead atoms. The van der Waals surface area contributed by atoms with Gasteiger partial charge in [0.05, 0.1) is 6.10 Å². The molecule has 2 aromatic carbocycles. The van der Waals surface area contributed by atoms with Crippen molar-refractivity contribution in [1.29, 1.82) is 0 Å². The summed E-state index contributed by atoms with van der Waals surface area (Å²) in [6, 6.07) is 15.7. The van der Waals surface area contributed by atoms with Crippen LogP contribution in [0.25, 0.3) is 0 Å². The summed E-state index contributed by atoms with van der Waals surface area (Å²) < 4.78 is 5.94. The van der Waals surface area contributed by atoms with Gasteiger partial charge in [0.25, 0.3) is 0 Å². The summed E-state index contributed by atoms with van der Waals surface area (Å²) in [6.07, 6.45) is -0.313. The molecule has 0 aliphatic rings. The number of hydrogen-bond acceptors (Lipinski definition) is 4. The van der Waals surface area contributed by atoms with Crippen molar-refractivity contribution < 1.29 is 9.84 Å². The molecule has 0 amide bonds. The molecule has 3 N–H and O–H groups in total. The van der Waals surface area contributed by atoms with Gasteiger partial charge in [0.2, 0.25) is 0 Å². The van der Waals surface area contributed by atoms with E-state index >= 15 is 0 Å². The lowest BCUT2D eigenvalue weighted by Gasteiger charge is -2.13. The number of para-hydroxylation sites is 1. The van der Waals surface area contributed by atoms with Gasteiger partial charge in [0, 0.05) is 36.8 Å². The first kappa shape index (κ1) is 18.7. The minimum atomic E-state index is -0.313. The van der Waals surface area contributed by atoms with E-state index < -0.39 is 0 Å². The fourth-order valence-electron chi connectivity index (χ4n) is 2.24. The van der Waals surface area contributed by atoms with E-state index in [0.717, 1.165) is 41.5 Å². The summed E-state index contributed by atoms with van der Waals surface area (Å²) in [5.74, 6) is 0.886. The van der Waals surface area contributed by atoms with Crippen LogP contribution in [0.3, 0.4) is 0 Å². The number of benzene rings is 2. The van der Waals surface area contributed by atoms with Crippen LogP contribution in [0.1, 0.15) is 18.1 Å². The lowest BCUT2D eigenvalue weighted by atomic mass is 10.2. The van der Waals surface area contributed by atoms with Crippen LogP contribution in [0.15, 0.2) is 48.5 Å². The van der Waals surface area contributed by atoms with Crippen LogP contribution in [0.4, 0.5) is 0 Å². The normalized spacial score (nSPS) is 12.1. The molecule has 0 fully saturated rings. The maximum absolute atomic E-state index is 9.18. The smallest absolute Gasteiger partial charge is 0.124 e. The lowest BCUT2D eigenvalue weighted by Crippen LogP contribution is -2.31. The Morgan fingerprint density at radius 1 is 1.04 bits per heavy atom. The summed E-state index contributed by atoms with van der Waals surface area (Å²) in [5.41, 5.74) is 2.21. The van der Waals surface area contributed by atoms with E-state index in [1.807, 2.05) is 42.5 Å². The second kappa shape index (κ2) is 10.3. The summed E-state index contributed by atoms with van der Waals surface area (Å²) in [4.78, 5) is 0. The van der Waals surface area contributed by atoms with E-state index in [-0.39, 0.29) is 6.10 Å². The highest BCUT2D eigenvalue weighted by atomic mass is 35.5. The van der Waals surface area contributed by atoms with Gasteiger partial charge in [0.1, 0.15) is 12.4 Å². The van der Waals surface area contributed by atoms with E-state index in [4.69, 9.17) is 16.3 Å². The predicted octanol–water partition coefficient (Wildman–Crippen LogP) is 2.98. The van der Waals surface area contributed by atoms with Crippen molar-refractivity contribution in [2.45, 2.75) is 26.2 Å². The van der Waals surface area contributed by atoms with Crippen LogP contribution in [0, 0.1) is 0 Å². The molecule has 0 spiro atoms. The van der Waals surface area contributed by atoms with Crippen molar-refractivity contribution in [2.24, 2.45) is 0 Å². The Balaban J connectivity index is 1.78. The zero-order valence-corrected chi connectivity index (χ0v) is 14.7. The average Bonchev–Trinajstić information content (AvgIpc) is 2.58. The molecular weight excluding hydrogens is 324 g/mol. The molecule has 0 aliphatic heterocycles. The minimum Gasteiger partial charge on any atom is -0.489 e.